The Bertz CT molecular complexity index is 746. The predicted octanol–water partition coefficient (Wildman–Crippen LogP) is 3.27. The van der Waals surface area contributed by atoms with E-state index < -0.39 is 10.0 Å². The van der Waals surface area contributed by atoms with Crippen LogP contribution in [0.2, 0.25) is 5.02 Å². The number of nitrogens with one attached hydrogen (secondary N) is 1. The lowest BCUT2D eigenvalue weighted by Crippen LogP contribution is -2.27. The second-order valence-corrected chi connectivity index (χ2v) is 6.98. The fourth-order valence-corrected chi connectivity index (χ4v) is 3.78. The van der Waals surface area contributed by atoms with Crippen LogP contribution in [-0.4, -0.2) is 8.42 Å². The van der Waals surface area contributed by atoms with Crippen LogP contribution < -0.4 is 10.5 Å². The first kappa shape index (κ1) is 15.8. The number of nitrogens with two attached hydrogens (primary N) is 1. The number of aryl methyl sites for hydroxylation is 1. The van der Waals surface area contributed by atoms with E-state index >= 15 is 0 Å². The summed E-state index contributed by atoms with van der Waals surface area (Å²) in [5.41, 5.74) is 7.40. The minimum atomic E-state index is -3.67. The van der Waals surface area contributed by atoms with Gasteiger partial charge in [0.1, 0.15) is 0 Å². The van der Waals surface area contributed by atoms with Crippen molar-refractivity contribution < 1.29 is 8.42 Å². The van der Waals surface area contributed by atoms with Gasteiger partial charge in [0.25, 0.3) is 0 Å². The first-order valence-electron chi connectivity index (χ1n) is 6.44. The summed E-state index contributed by atoms with van der Waals surface area (Å²) in [5.74, 6) is 0. The Hall–Kier alpha value is -1.56. The third kappa shape index (κ3) is 3.56. The van der Waals surface area contributed by atoms with Gasteiger partial charge in [-0.25, -0.2) is 13.1 Å². The maximum Gasteiger partial charge on any atom is 0.241 e. The molecule has 0 saturated heterocycles. The molecular formula is C15H17ClN2O2S. The van der Waals surface area contributed by atoms with Crippen LogP contribution in [0, 0.1) is 6.92 Å². The zero-order chi connectivity index (χ0) is 15.6. The van der Waals surface area contributed by atoms with Gasteiger partial charge in [0.05, 0.1) is 15.6 Å². The van der Waals surface area contributed by atoms with Gasteiger partial charge < -0.3 is 5.73 Å². The number of nitrogen functional groups attached to an aromatic ring is 1. The third-order valence-electron chi connectivity index (χ3n) is 3.22. The standard InChI is InChI=1S/C15H17ClN2O2S/c1-10-8-13(16)14(17)9-15(10)21(19,20)18-11(2)12-6-4-3-5-7-12/h3-9,11,18H,17H2,1-2H3/t11-/m1/s1. The molecular weight excluding hydrogens is 308 g/mol. The molecule has 3 N–H and O–H groups in total. The molecule has 0 saturated carbocycles. The molecule has 0 fully saturated rings. The van der Waals surface area contributed by atoms with Crippen LogP contribution in [0.5, 0.6) is 0 Å². The topological polar surface area (TPSA) is 72.2 Å². The number of rotatable bonds is 4. The molecule has 0 aliphatic heterocycles. The van der Waals surface area contributed by atoms with E-state index in [1.54, 1.807) is 19.9 Å². The summed E-state index contributed by atoms with van der Waals surface area (Å²) in [4.78, 5) is 0.146. The van der Waals surface area contributed by atoms with Crippen LogP contribution in [-0.2, 0) is 10.0 Å². The monoisotopic (exact) mass is 324 g/mol. The van der Waals surface area contributed by atoms with E-state index in [1.165, 1.54) is 6.07 Å². The average molecular weight is 325 g/mol. The molecule has 112 valence electrons. The summed E-state index contributed by atoms with van der Waals surface area (Å²) in [7, 11) is -3.67. The van der Waals surface area contributed by atoms with Crippen molar-refractivity contribution in [2.45, 2.75) is 24.8 Å². The number of benzene rings is 2. The summed E-state index contributed by atoms with van der Waals surface area (Å²) in [6.45, 7) is 3.48. The van der Waals surface area contributed by atoms with E-state index in [0.29, 0.717) is 10.6 Å². The molecule has 0 aliphatic rings. The van der Waals surface area contributed by atoms with Crippen molar-refractivity contribution >= 4 is 27.3 Å². The van der Waals surface area contributed by atoms with E-state index in [4.69, 9.17) is 17.3 Å². The van der Waals surface area contributed by atoms with E-state index in [1.807, 2.05) is 30.3 Å². The highest BCUT2D eigenvalue weighted by Crippen LogP contribution is 2.27. The second-order valence-electron chi connectivity index (χ2n) is 4.89. The van der Waals surface area contributed by atoms with Gasteiger partial charge in [-0.15, -0.1) is 0 Å². The fraction of sp³-hybridized carbons (Fsp3) is 0.200. The number of anilines is 1. The predicted molar refractivity (Wildman–Crippen MR) is 85.8 cm³/mol. The Labute approximate surface area is 130 Å². The molecule has 0 spiro atoms. The molecule has 0 unspecified atom stereocenters. The highest BCUT2D eigenvalue weighted by atomic mass is 35.5. The maximum atomic E-state index is 12.5. The van der Waals surface area contributed by atoms with E-state index in [2.05, 4.69) is 4.72 Å². The number of hydrogen-bond acceptors (Lipinski definition) is 3. The van der Waals surface area contributed by atoms with Crippen LogP contribution >= 0.6 is 11.6 Å². The van der Waals surface area contributed by atoms with Crippen molar-refractivity contribution in [2.75, 3.05) is 5.73 Å². The van der Waals surface area contributed by atoms with Gasteiger partial charge in [0.2, 0.25) is 10.0 Å². The normalized spacial score (nSPS) is 13.1. The molecule has 0 heterocycles. The number of hydrogen-bond donors (Lipinski definition) is 2. The van der Waals surface area contributed by atoms with Crippen LogP contribution in [0.25, 0.3) is 0 Å². The van der Waals surface area contributed by atoms with E-state index in [9.17, 15) is 8.42 Å². The SMILES string of the molecule is Cc1cc(Cl)c(N)cc1S(=O)(=O)N[C@H](C)c1ccccc1. The zero-order valence-electron chi connectivity index (χ0n) is 11.8. The smallest absolute Gasteiger partial charge is 0.241 e. The lowest BCUT2D eigenvalue weighted by Gasteiger charge is -2.16. The first-order chi connectivity index (χ1) is 9.81. The molecule has 1 atom stereocenters. The van der Waals surface area contributed by atoms with Crippen molar-refractivity contribution in [2.24, 2.45) is 0 Å². The zero-order valence-corrected chi connectivity index (χ0v) is 13.4. The summed E-state index contributed by atoms with van der Waals surface area (Å²) in [6.07, 6.45) is 0. The van der Waals surface area contributed by atoms with Gasteiger partial charge in [0.15, 0.2) is 0 Å². The van der Waals surface area contributed by atoms with E-state index in [0.717, 1.165) is 5.56 Å². The Kier molecular flexibility index (Phi) is 4.56. The molecule has 2 rings (SSSR count). The average Bonchev–Trinajstić information content (AvgIpc) is 2.43. The van der Waals surface area contributed by atoms with E-state index in [-0.39, 0.29) is 16.6 Å². The molecule has 0 bridgehead atoms. The molecule has 2 aromatic carbocycles. The number of halogens is 1. The Balaban J connectivity index is 2.33. The minimum absolute atomic E-state index is 0.146. The van der Waals surface area contributed by atoms with Gasteiger partial charge in [-0.3, -0.25) is 0 Å². The molecule has 0 radical (unpaired) electrons. The van der Waals surface area contributed by atoms with Crippen LogP contribution in [0.1, 0.15) is 24.1 Å². The highest BCUT2D eigenvalue weighted by Gasteiger charge is 2.21. The summed E-state index contributed by atoms with van der Waals surface area (Å²) >= 11 is 5.90. The van der Waals surface area contributed by atoms with Gasteiger partial charge >= 0.3 is 0 Å². The van der Waals surface area contributed by atoms with Gasteiger partial charge in [-0.05, 0) is 37.1 Å². The fourth-order valence-electron chi connectivity index (χ4n) is 2.06. The molecule has 0 amide bonds. The quantitative estimate of drug-likeness (QED) is 0.848. The molecule has 2 aromatic rings. The maximum absolute atomic E-state index is 12.5. The summed E-state index contributed by atoms with van der Waals surface area (Å²) < 4.78 is 27.6. The van der Waals surface area contributed by atoms with Gasteiger partial charge in [0, 0.05) is 6.04 Å². The highest BCUT2D eigenvalue weighted by molar-refractivity contribution is 7.89. The second kappa shape index (κ2) is 6.05. The molecule has 6 heteroatoms. The molecule has 4 nitrogen and oxygen atoms in total. The van der Waals surface area contributed by atoms with Crippen molar-refractivity contribution in [3.63, 3.8) is 0 Å². The van der Waals surface area contributed by atoms with Crippen LogP contribution in [0.15, 0.2) is 47.4 Å². The largest absolute Gasteiger partial charge is 0.397 e. The van der Waals surface area contributed by atoms with Crippen LogP contribution in [0.4, 0.5) is 5.69 Å². The summed E-state index contributed by atoms with van der Waals surface area (Å²) in [6, 6.07) is 12.0. The van der Waals surface area contributed by atoms with Crippen molar-refractivity contribution in [1.29, 1.82) is 0 Å². The van der Waals surface area contributed by atoms with Crippen molar-refractivity contribution in [3.8, 4) is 0 Å². The summed E-state index contributed by atoms with van der Waals surface area (Å²) in [5, 5.41) is 0.350. The lowest BCUT2D eigenvalue weighted by atomic mass is 10.1. The molecule has 0 aromatic heterocycles. The molecule has 0 aliphatic carbocycles. The lowest BCUT2D eigenvalue weighted by molar-refractivity contribution is 0.566. The first-order valence-corrected chi connectivity index (χ1v) is 8.30. The van der Waals surface area contributed by atoms with Gasteiger partial charge in [-0.1, -0.05) is 41.9 Å². The third-order valence-corrected chi connectivity index (χ3v) is 5.23. The Morgan fingerprint density at radius 1 is 1.19 bits per heavy atom. The Morgan fingerprint density at radius 3 is 2.43 bits per heavy atom. The minimum Gasteiger partial charge on any atom is -0.397 e. The van der Waals surface area contributed by atoms with Gasteiger partial charge in [-0.2, -0.15) is 0 Å². The number of sulfonamides is 1. The van der Waals surface area contributed by atoms with Crippen LogP contribution in [0.3, 0.4) is 0 Å². The van der Waals surface area contributed by atoms with Crippen molar-refractivity contribution in [3.05, 3.63) is 58.6 Å². The molecule has 21 heavy (non-hydrogen) atoms. The Morgan fingerprint density at radius 2 is 1.81 bits per heavy atom. The van der Waals surface area contributed by atoms with Crippen molar-refractivity contribution in [1.82, 2.24) is 4.72 Å².